The van der Waals surface area contributed by atoms with Crippen molar-refractivity contribution in [2.45, 2.75) is 13.8 Å². The smallest absolute Gasteiger partial charge is 0.262 e. The maximum absolute atomic E-state index is 14.3. The van der Waals surface area contributed by atoms with Crippen molar-refractivity contribution < 1.29 is 18.4 Å². The number of hydrogen-bond donors (Lipinski definition) is 1. The Kier molecular flexibility index (Phi) is 3.16. The van der Waals surface area contributed by atoms with Gasteiger partial charge in [0.2, 0.25) is 11.9 Å². The van der Waals surface area contributed by atoms with Crippen LogP contribution in [0.3, 0.4) is 0 Å². The zero-order valence-electron chi connectivity index (χ0n) is 11.9. The average Bonchev–Trinajstić information content (AvgIpc) is 2.45. The standard InChI is InChI=1S/C14H12F2N4O2/c1-7-3-9(15)10(4-8(7)2)20-13(22)5-11(16)19-6-12(21)17-18-14(19)20/h3-5H,6H2,1-2H3,(H,17,21). The van der Waals surface area contributed by atoms with E-state index in [9.17, 15) is 18.4 Å². The lowest BCUT2D eigenvalue weighted by Gasteiger charge is -2.36. The molecule has 3 rings (SSSR count). The molecule has 1 aromatic carbocycles. The largest absolute Gasteiger partial charge is 0.277 e. The van der Waals surface area contributed by atoms with Gasteiger partial charge in [-0.15, -0.1) is 5.10 Å². The molecule has 1 N–H and O–H groups in total. The summed E-state index contributed by atoms with van der Waals surface area (Å²) in [4.78, 5) is 25.3. The maximum atomic E-state index is 14.3. The summed E-state index contributed by atoms with van der Waals surface area (Å²) >= 11 is 0. The van der Waals surface area contributed by atoms with Crippen molar-refractivity contribution in [1.29, 1.82) is 0 Å². The lowest BCUT2D eigenvalue weighted by molar-refractivity contribution is -0.122. The fraction of sp³-hybridized carbons (Fsp3) is 0.214. The van der Waals surface area contributed by atoms with Crippen molar-refractivity contribution in [3.05, 3.63) is 41.1 Å². The lowest BCUT2D eigenvalue weighted by atomic mass is 10.1. The fourth-order valence-corrected chi connectivity index (χ4v) is 2.27. The molecule has 0 atom stereocenters. The molecule has 0 spiro atoms. The van der Waals surface area contributed by atoms with E-state index in [1.807, 2.05) is 0 Å². The van der Waals surface area contributed by atoms with Crippen LogP contribution in [0.5, 0.6) is 0 Å². The van der Waals surface area contributed by atoms with E-state index in [4.69, 9.17) is 0 Å². The van der Waals surface area contributed by atoms with Crippen molar-refractivity contribution in [3.63, 3.8) is 0 Å². The van der Waals surface area contributed by atoms with Crippen LogP contribution in [-0.4, -0.2) is 29.2 Å². The molecule has 114 valence electrons. The molecule has 0 aliphatic carbocycles. The minimum absolute atomic E-state index is 0.0447. The predicted molar refractivity (Wildman–Crippen MR) is 74.8 cm³/mol. The number of carbonyl (C=O) groups is 2. The molecule has 6 nitrogen and oxygen atoms in total. The third-order valence-electron chi connectivity index (χ3n) is 3.55. The molecule has 2 aliphatic heterocycles. The van der Waals surface area contributed by atoms with Crippen LogP contribution in [0.1, 0.15) is 11.1 Å². The van der Waals surface area contributed by atoms with Gasteiger partial charge in [-0.3, -0.25) is 14.5 Å². The highest BCUT2D eigenvalue weighted by Gasteiger charge is 2.37. The number of amides is 2. The van der Waals surface area contributed by atoms with Gasteiger partial charge in [-0.25, -0.2) is 14.7 Å². The van der Waals surface area contributed by atoms with Crippen LogP contribution in [0.4, 0.5) is 14.5 Å². The molecule has 22 heavy (non-hydrogen) atoms. The number of benzene rings is 1. The molecule has 0 fully saturated rings. The minimum Gasteiger partial charge on any atom is -0.277 e. The molecular weight excluding hydrogens is 294 g/mol. The van der Waals surface area contributed by atoms with Gasteiger partial charge in [-0.1, -0.05) is 0 Å². The van der Waals surface area contributed by atoms with E-state index < -0.39 is 23.6 Å². The van der Waals surface area contributed by atoms with Gasteiger partial charge >= 0.3 is 0 Å². The number of hydrazone groups is 1. The van der Waals surface area contributed by atoms with Crippen LogP contribution in [0, 0.1) is 19.7 Å². The first kappa shape index (κ1) is 14.2. The molecule has 2 aliphatic rings. The Balaban J connectivity index is 2.15. The number of guanidine groups is 1. The van der Waals surface area contributed by atoms with E-state index in [1.54, 1.807) is 13.8 Å². The van der Waals surface area contributed by atoms with Crippen LogP contribution >= 0.6 is 0 Å². The van der Waals surface area contributed by atoms with Gasteiger partial charge in [-0.05, 0) is 37.1 Å². The van der Waals surface area contributed by atoms with Crippen LogP contribution in [0.2, 0.25) is 0 Å². The predicted octanol–water partition coefficient (Wildman–Crippen LogP) is 1.30. The second-order valence-electron chi connectivity index (χ2n) is 5.06. The number of rotatable bonds is 1. The highest BCUT2D eigenvalue weighted by Crippen LogP contribution is 2.29. The zero-order chi connectivity index (χ0) is 16.0. The first-order chi connectivity index (χ1) is 10.4. The van der Waals surface area contributed by atoms with Crippen molar-refractivity contribution in [2.75, 3.05) is 11.4 Å². The van der Waals surface area contributed by atoms with E-state index in [2.05, 4.69) is 10.5 Å². The molecule has 8 heteroatoms. The maximum Gasteiger partial charge on any atom is 0.262 e. The molecule has 2 amide bonds. The third kappa shape index (κ3) is 2.12. The SMILES string of the molecule is Cc1cc(F)c(N2C(=O)C=C(F)N3CC(=O)NN=C32)cc1C. The topological polar surface area (TPSA) is 65.0 Å². The van der Waals surface area contributed by atoms with Gasteiger partial charge in [-0.2, -0.15) is 4.39 Å². The van der Waals surface area contributed by atoms with Crippen LogP contribution < -0.4 is 10.3 Å². The summed E-state index contributed by atoms with van der Waals surface area (Å²) in [6.07, 6.45) is 0.701. The van der Waals surface area contributed by atoms with Gasteiger partial charge in [0.25, 0.3) is 11.8 Å². The monoisotopic (exact) mass is 306 g/mol. The van der Waals surface area contributed by atoms with Crippen LogP contribution in [0.25, 0.3) is 0 Å². The van der Waals surface area contributed by atoms with Crippen molar-refractivity contribution in [2.24, 2.45) is 5.10 Å². The van der Waals surface area contributed by atoms with Gasteiger partial charge in [0.15, 0.2) is 0 Å². The number of aryl methyl sites for hydroxylation is 2. The Labute approximate surface area is 124 Å². The van der Waals surface area contributed by atoms with E-state index in [1.165, 1.54) is 12.1 Å². The number of halogens is 2. The first-order valence-corrected chi connectivity index (χ1v) is 6.50. The molecule has 0 saturated carbocycles. The average molecular weight is 306 g/mol. The molecule has 2 heterocycles. The second kappa shape index (κ2) is 4.90. The van der Waals surface area contributed by atoms with Gasteiger partial charge in [0.05, 0.1) is 11.8 Å². The van der Waals surface area contributed by atoms with E-state index in [-0.39, 0.29) is 18.2 Å². The normalized spacial score (nSPS) is 17.8. The molecule has 0 saturated heterocycles. The number of nitrogens with zero attached hydrogens (tertiary/aromatic N) is 3. The molecular formula is C14H12F2N4O2. The second-order valence-corrected chi connectivity index (χ2v) is 5.06. The highest BCUT2D eigenvalue weighted by atomic mass is 19.1. The summed E-state index contributed by atoms with van der Waals surface area (Å²) in [6.45, 7) is 3.17. The molecule has 0 bridgehead atoms. The Morgan fingerprint density at radius 2 is 1.86 bits per heavy atom. The molecule has 0 radical (unpaired) electrons. The molecule has 1 aromatic rings. The zero-order valence-corrected chi connectivity index (χ0v) is 11.9. The van der Waals surface area contributed by atoms with Gasteiger partial charge in [0.1, 0.15) is 12.4 Å². The summed E-state index contributed by atoms with van der Waals surface area (Å²) in [6, 6.07) is 2.77. The number of hydrogen-bond acceptors (Lipinski definition) is 4. The van der Waals surface area contributed by atoms with Gasteiger partial charge < -0.3 is 0 Å². The molecule has 0 aromatic heterocycles. The van der Waals surface area contributed by atoms with Crippen LogP contribution in [0.15, 0.2) is 29.3 Å². The Bertz CT molecular complexity index is 757. The number of anilines is 1. The Morgan fingerprint density at radius 3 is 2.59 bits per heavy atom. The first-order valence-electron chi connectivity index (χ1n) is 6.50. The Hall–Kier alpha value is -2.77. The number of carbonyl (C=O) groups excluding carboxylic acids is 2. The lowest BCUT2D eigenvalue weighted by Crippen LogP contribution is -2.56. The van der Waals surface area contributed by atoms with E-state index in [0.717, 1.165) is 20.9 Å². The number of fused-ring (bicyclic) bond motifs is 1. The van der Waals surface area contributed by atoms with Crippen molar-refractivity contribution in [3.8, 4) is 0 Å². The van der Waals surface area contributed by atoms with E-state index in [0.29, 0.717) is 6.08 Å². The Morgan fingerprint density at radius 1 is 1.18 bits per heavy atom. The van der Waals surface area contributed by atoms with Crippen LogP contribution in [-0.2, 0) is 9.59 Å². The quantitative estimate of drug-likeness (QED) is 0.796. The summed E-state index contributed by atoms with van der Waals surface area (Å²) in [5.74, 6) is -3.01. The summed E-state index contributed by atoms with van der Waals surface area (Å²) in [5.41, 5.74) is 3.61. The third-order valence-corrected chi connectivity index (χ3v) is 3.55. The van der Waals surface area contributed by atoms with Gasteiger partial charge in [0, 0.05) is 0 Å². The fourth-order valence-electron chi connectivity index (χ4n) is 2.27. The summed E-state index contributed by atoms with van der Waals surface area (Å²) in [5, 5.41) is 3.68. The summed E-state index contributed by atoms with van der Waals surface area (Å²) < 4.78 is 28.1. The molecule has 0 unspecified atom stereocenters. The van der Waals surface area contributed by atoms with Crippen molar-refractivity contribution in [1.82, 2.24) is 10.3 Å². The van der Waals surface area contributed by atoms with E-state index >= 15 is 0 Å². The highest BCUT2D eigenvalue weighted by molar-refractivity contribution is 6.23. The number of nitrogens with one attached hydrogen (secondary N) is 1. The minimum atomic E-state index is -0.904. The summed E-state index contributed by atoms with van der Waals surface area (Å²) in [7, 11) is 0. The van der Waals surface area contributed by atoms with Crippen molar-refractivity contribution >= 4 is 23.5 Å².